The van der Waals surface area contributed by atoms with E-state index in [1.54, 1.807) is 0 Å². The van der Waals surface area contributed by atoms with Gasteiger partial charge in [-0.25, -0.2) is 4.79 Å². The van der Waals surface area contributed by atoms with Crippen molar-refractivity contribution in [2.24, 2.45) is 0 Å². The molecular weight excluding hydrogens is 280 g/mol. The minimum absolute atomic E-state index is 0.0165. The van der Waals surface area contributed by atoms with Crippen LogP contribution in [0.5, 0.6) is 5.75 Å². The van der Waals surface area contributed by atoms with Gasteiger partial charge in [0.2, 0.25) is 0 Å². The summed E-state index contributed by atoms with van der Waals surface area (Å²) < 4.78 is 15.9. The minimum atomic E-state index is -0.430. The van der Waals surface area contributed by atoms with Crippen LogP contribution in [0.15, 0.2) is 0 Å². The zero-order valence-corrected chi connectivity index (χ0v) is 12.8. The monoisotopic (exact) mass is 300 g/mol. The Morgan fingerprint density at radius 2 is 2.05 bits per heavy atom. The molecular formula is C13H20N2O4S. The quantitative estimate of drug-likeness (QED) is 0.854. The Hall–Kier alpha value is -1.47. The summed E-state index contributed by atoms with van der Waals surface area (Å²) in [6, 6.07) is 0. The highest BCUT2D eigenvalue weighted by atomic mass is 32.1. The Labute approximate surface area is 122 Å². The number of carbonyl (C=O) groups is 1. The molecule has 2 N–H and O–H groups in total. The van der Waals surface area contributed by atoms with Gasteiger partial charge < -0.3 is 24.8 Å². The lowest BCUT2D eigenvalue weighted by atomic mass is 10.3. The van der Waals surface area contributed by atoms with Gasteiger partial charge in [0.25, 0.3) is 0 Å². The molecule has 0 amide bonds. The number of esters is 1. The summed E-state index contributed by atoms with van der Waals surface area (Å²) in [4.78, 5) is 14.3. The number of hydrogen-bond donors (Lipinski definition) is 1. The van der Waals surface area contributed by atoms with Gasteiger partial charge in [-0.05, 0) is 13.8 Å². The first-order valence-electron chi connectivity index (χ1n) is 6.54. The van der Waals surface area contributed by atoms with Gasteiger partial charge in [0.05, 0.1) is 26.4 Å². The predicted molar refractivity (Wildman–Crippen MR) is 78.9 cm³/mol. The van der Waals surface area contributed by atoms with Crippen LogP contribution in [0, 0.1) is 0 Å². The molecule has 0 aliphatic carbocycles. The van der Waals surface area contributed by atoms with Crippen molar-refractivity contribution in [3.63, 3.8) is 0 Å². The van der Waals surface area contributed by atoms with Gasteiger partial charge in [-0.2, -0.15) is 0 Å². The molecule has 1 aliphatic rings. The Balaban J connectivity index is 2.39. The van der Waals surface area contributed by atoms with Crippen molar-refractivity contribution in [3.8, 4) is 5.75 Å². The van der Waals surface area contributed by atoms with E-state index in [9.17, 15) is 4.79 Å². The van der Waals surface area contributed by atoms with E-state index < -0.39 is 5.97 Å². The molecule has 1 aromatic rings. The summed E-state index contributed by atoms with van der Waals surface area (Å²) in [7, 11) is 1.35. The van der Waals surface area contributed by atoms with Crippen molar-refractivity contribution in [1.29, 1.82) is 0 Å². The molecule has 1 fully saturated rings. The molecule has 0 spiro atoms. The van der Waals surface area contributed by atoms with Gasteiger partial charge in [0.15, 0.2) is 5.75 Å². The largest absolute Gasteiger partial charge is 0.486 e. The van der Waals surface area contributed by atoms with Gasteiger partial charge in [0, 0.05) is 13.1 Å². The summed E-state index contributed by atoms with van der Waals surface area (Å²) >= 11 is 1.31. The lowest BCUT2D eigenvalue weighted by Crippen LogP contribution is -2.36. The van der Waals surface area contributed by atoms with Crippen LogP contribution in [0.3, 0.4) is 0 Å². The third kappa shape index (κ3) is 2.99. The number of carbonyl (C=O) groups excluding carboxylic acids is 1. The van der Waals surface area contributed by atoms with E-state index in [0.29, 0.717) is 29.5 Å². The first-order valence-corrected chi connectivity index (χ1v) is 7.36. The molecule has 2 heterocycles. The molecule has 1 aromatic heterocycles. The number of morpholine rings is 1. The topological polar surface area (TPSA) is 74.0 Å². The lowest BCUT2D eigenvalue weighted by molar-refractivity contribution is 0.0607. The number of nitrogen functional groups attached to an aromatic ring is 1. The molecule has 1 aliphatic heterocycles. The van der Waals surface area contributed by atoms with Crippen LogP contribution in [-0.4, -0.2) is 45.5 Å². The van der Waals surface area contributed by atoms with Gasteiger partial charge in [-0.3, -0.25) is 0 Å². The fraction of sp³-hybridized carbons (Fsp3) is 0.615. The molecule has 0 radical (unpaired) electrons. The maximum absolute atomic E-state index is 11.8. The minimum Gasteiger partial charge on any atom is -0.486 e. The maximum Gasteiger partial charge on any atom is 0.350 e. The molecule has 0 unspecified atom stereocenters. The second-order valence-corrected chi connectivity index (χ2v) is 5.74. The number of methoxy groups -OCH3 is 1. The molecule has 0 bridgehead atoms. The Morgan fingerprint density at radius 3 is 2.60 bits per heavy atom. The molecule has 1 saturated heterocycles. The van der Waals surface area contributed by atoms with Crippen LogP contribution in [0.4, 0.5) is 10.7 Å². The van der Waals surface area contributed by atoms with Gasteiger partial charge >= 0.3 is 5.97 Å². The van der Waals surface area contributed by atoms with E-state index in [4.69, 9.17) is 19.9 Å². The molecule has 0 aromatic carbocycles. The fourth-order valence-corrected chi connectivity index (χ4v) is 3.11. The maximum atomic E-state index is 11.8. The van der Waals surface area contributed by atoms with E-state index in [1.165, 1.54) is 18.4 Å². The van der Waals surface area contributed by atoms with E-state index in [1.807, 2.05) is 13.8 Å². The van der Waals surface area contributed by atoms with Gasteiger partial charge in [0.1, 0.15) is 15.6 Å². The summed E-state index contributed by atoms with van der Waals surface area (Å²) in [6.07, 6.45) is -0.0165. The van der Waals surface area contributed by atoms with Gasteiger partial charge in [-0.1, -0.05) is 0 Å². The van der Waals surface area contributed by atoms with Crippen LogP contribution in [0.1, 0.15) is 23.5 Å². The smallest absolute Gasteiger partial charge is 0.350 e. The lowest BCUT2D eigenvalue weighted by Gasteiger charge is -2.28. The summed E-state index contributed by atoms with van der Waals surface area (Å²) in [5, 5.41) is 0.875. The number of thiophene rings is 1. The van der Waals surface area contributed by atoms with E-state index >= 15 is 0 Å². The van der Waals surface area contributed by atoms with E-state index in [-0.39, 0.29) is 6.10 Å². The standard InChI is InChI=1S/C13H20N2O4S/c1-8(2)19-10-9(14)11(13(16)17-3)20-12(10)15-4-6-18-7-5-15/h8H,4-7,14H2,1-3H3. The van der Waals surface area contributed by atoms with Gasteiger partial charge in [-0.15, -0.1) is 11.3 Å². The average Bonchev–Trinajstić information content (AvgIpc) is 2.76. The highest BCUT2D eigenvalue weighted by Crippen LogP contribution is 2.45. The number of nitrogens with two attached hydrogens (primary N) is 1. The number of anilines is 2. The Kier molecular flexibility index (Phi) is 4.72. The number of ether oxygens (including phenoxy) is 3. The summed E-state index contributed by atoms with van der Waals surface area (Å²) in [6.45, 7) is 6.69. The van der Waals surface area contributed by atoms with Crippen molar-refractivity contribution in [1.82, 2.24) is 0 Å². The Morgan fingerprint density at radius 1 is 1.40 bits per heavy atom. The highest BCUT2D eigenvalue weighted by molar-refractivity contribution is 7.19. The van der Waals surface area contributed by atoms with Crippen molar-refractivity contribution in [2.75, 3.05) is 44.0 Å². The van der Waals surface area contributed by atoms with Crippen molar-refractivity contribution < 1.29 is 19.0 Å². The predicted octanol–water partition coefficient (Wildman–Crippen LogP) is 1.74. The molecule has 0 saturated carbocycles. The van der Waals surface area contributed by atoms with Crippen LogP contribution >= 0.6 is 11.3 Å². The number of hydrogen-bond acceptors (Lipinski definition) is 7. The summed E-state index contributed by atoms with van der Waals surface area (Å²) in [5.41, 5.74) is 6.42. The first kappa shape index (κ1) is 14.9. The van der Waals surface area contributed by atoms with E-state index in [0.717, 1.165) is 18.1 Å². The second kappa shape index (κ2) is 6.32. The van der Waals surface area contributed by atoms with Crippen LogP contribution in [0.25, 0.3) is 0 Å². The van der Waals surface area contributed by atoms with Crippen molar-refractivity contribution >= 4 is 28.0 Å². The molecule has 20 heavy (non-hydrogen) atoms. The van der Waals surface area contributed by atoms with Crippen LogP contribution in [-0.2, 0) is 9.47 Å². The van der Waals surface area contributed by atoms with Crippen LogP contribution in [0.2, 0.25) is 0 Å². The third-order valence-electron chi connectivity index (χ3n) is 2.90. The first-order chi connectivity index (χ1) is 9.54. The fourth-order valence-electron chi connectivity index (χ4n) is 1.98. The highest BCUT2D eigenvalue weighted by Gasteiger charge is 2.27. The van der Waals surface area contributed by atoms with Crippen molar-refractivity contribution in [2.45, 2.75) is 20.0 Å². The number of nitrogens with zero attached hydrogens (tertiary/aromatic N) is 1. The normalized spacial score (nSPS) is 15.5. The average molecular weight is 300 g/mol. The van der Waals surface area contributed by atoms with Crippen LogP contribution < -0.4 is 15.4 Å². The molecule has 2 rings (SSSR count). The third-order valence-corrected chi connectivity index (χ3v) is 4.13. The second-order valence-electron chi connectivity index (χ2n) is 4.74. The zero-order valence-electron chi connectivity index (χ0n) is 12.0. The van der Waals surface area contributed by atoms with Crippen molar-refractivity contribution in [3.05, 3.63) is 4.88 Å². The zero-order chi connectivity index (χ0) is 14.7. The van der Waals surface area contributed by atoms with E-state index in [2.05, 4.69) is 4.90 Å². The molecule has 0 atom stereocenters. The Bertz CT molecular complexity index is 481. The molecule has 6 nitrogen and oxygen atoms in total. The molecule has 7 heteroatoms. The summed E-state index contributed by atoms with van der Waals surface area (Å²) in [5.74, 6) is 0.146. The number of rotatable bonds is 4. The SMILES string of the molecule is COC(=O)c1sc(N2CCOCC2)c(OC(C)C)c1N. The molecule has 112 valence electrons.